The van der Waals surface area contributed by atoms with Crippen LogP contribution in [0.5, 0.6) is 5.75 Å². The van der Waals surface area contributed by atoms with Crippen LogP contribution in [0.3, 0.4) is 0 Å². The van der Waals surface area contributed by atoms with Gasteiger partial charge in [0.1, 0.15) is 5.75 Å². The van der Waals surface area contributed by atoms with E-state index in [4.69, 9.17) is 18.3 Å². The number of aromatic hydroxyl groups is 1. The Bertz CT molecular complexity index is 1370. The van der Waals surface area contributed by atoms with Crippen molar-refractivity contribution < 1.29 is 18.4 Å². The molecule has 7 nitrogen and oxygen atoms in total. The van der Waals surface area contributed by atoms with Gasteiger partial charge in [-0.15, -0.1) is 0 Å². The Morgan fingerprint density at radius 2 is 1.67 bits per heavy atom. The van der Waals surface area contributed by atoms with Gasteiger partial charge in [-0.3, -0.25) is 9.89 Å². The molecular formula is C37H55N3O4Si. The molecule has 4 rings (SSSR count). The number of aliphatic imine (C=N–C) groups is 1. The Kier molecular flexibility index (Phi) is 13.2. The highest BCUT2D eigenvalue weighted by Gasteiger charge is 2.39. The zero-order chi connectivity index (χ0) is 32.3. The van der Waals surface area contributed by atoms with Gasteiger partial charge in [0.15, 0.2) is 0 Å². The van der Waals surface area contributed by atoms with Crippen molar-refractivity contribution in [3.05, 3.63) is 76.9 Å². The maximum Gasteiger partial charge on any atom is 0.500 e. The zero-order valence-corrected chi connectivity index (χ0v) is 29.4. The van der Waals surface area contributed by atoms with Crippen LogP contribution >= 0.6 is 0 Å². The number of nitrogens with zero attached hydrogens (tertiary/aromatic N) is 2. The van der Waals surface area contributed by atoms with Gasteiger partial charge in [-0.1, -0.05) is 63.2 Å². The van der Waals surface area contributed by atoms with Gasteiger partial charge in [0, 0.05) is 62.3 Å². The molecule has 1 fully saturated rings. The van der Waals surface area contributed by atoms with Crippen LogP contribution in [0.15, 0.2) is 59.6 Å². The third-order valence-electron chi connectivity index (χ3n) is 8.51. The van der Waals surface area contributed by atoms with E-state index in [1.165, 1.54) is 22.8 Å². The van der Waals surface area contributed by atoms with Crippen LogP contribution in [-0.2, 0) is 31.8 Å². The Morgan fingerprint density at radius 3 is 2.36 bits per heavy atom. The lowest BCUT2D eigenvalue weighted by molar-refractivity contribution is 0.0708. The fourth-order valence-corrected chi connectivity index (χ4v) is 8.92. The van der Waals surface area contributed by atoms with Crippen molar-refractivity contribution in [1.82, 2.24) is 10.2 Å². The van der Waals surface area contributed by atoms with Gasteiger partial charge in [-0.05, 0) is 92.6 Å². The SMILES string of the molecule is CCO[Si](CCCNCc1cc(C=NC[C@@H]2CCCN2Cc2ccc3ccccc3c2)c(O)c(C(C)(C)C)c1)(OCC)OCC. The molecular weight excluding hydrogens is 579 g/mol. The first-order chi connectivity index (χ1) is 21.7. The van der Waals surface area contributed by atoms with Crippen molar-refractivity contribution >= 4 is 25.8 Å². The summed E-state index contributed by atoms with van der Waals surface area (Å²) in [6.45, 7) is 18.5. The monoisotopic (exact) mass is 633 g/mol. The molecule has 0 spiro atoms. The standard InChI is InChI=1S/C37H55N3O4Si/c1-7-42-45(43-8-2,44-9-3)21-13-19-38-25-30-23-33(36(41)35(24-30)37(4,5)6)26-39-27-34-16-12-20-40(34)28-29-17-18-31-14-10-11-15-32(31)22-29/h10-11,14-15,17-18,22-24,26,34,38,41H,7-9,12-13,16,19-21,25,27-28H2,1-6H3/t34-/m0/s1. The number of hydrogen-bond donors (Lipinski definition) is 2. The minimum absolute atomic E-state index is 0.192. The van der Waals surface area contributed by atoms with Crippen LogP contribution in [-0.4, -0.2) is 70.5 Å². The highest BCUT2D eigenvalue weighted by Crippen LogP contribution is 2.34. The van der Waals surface area contributed by atoms with Crippen molar-refractivity contribution in [1.29, 1.82) is 0 Å². The zero-order valence-electron chi connectivity index (χ0n) is 28.4. The lowest BCUT2D eigenvalue weighted by atomic mass is 9.84. The van der Waals surface area contributed by atoms with Gasteiger partial charge < -0.3 is 23.7 Å². The molecule has 0 radical (unpaired) electrons. The van der Waals surface area contributed by atoms with Gasteiger partial charge in [-0.25, -0.2) is 0 Å². The third kappa shape index (κ3) is 9.95. The number of phenolic OH excluding ortho intramolecular Hbond substituents is 1. The van der Waals surface area contributed by atoms with Crippen molar-refractivity contribution in [3.63, 3.8) is 0 Å². The molecule has 3 aromatic carbocycles. The molecule has 0 amide bonds. The minimum atomic E-state index is -2.63. The first-order valence-corrected chi connectivity index (χ1v) is 18.8. The van der Waals surface area contributed by atoms with Gasteiger partial charge in [0.05, 0.1) is 6.54 Å². The van der Waals surface area contributed by atoms with Crippen LogP contribution in [0.25, 0.3) is 10.8 Å². The van der Waals surface area contributed by atoms with E-state index >= 15 is 0 Å². The Balaban J connectivity index is 1.38. The largest absolute Gasteiger partial charge is 0.507 e. The summed E-state index contributed by atoms with van der Waals surface area (Å²) in [6.07, 6.45) is 5.13. The normalized spacial score (nSPS) is 16.4. The van der Waals surface area contributed by atoms with Crippen molar-refractivity contribution in [2.75, 3.05) is 39.5 Å². The lowest BCUT2D eigenvalue weighted by Gasteiger charge is -2.28. The second-order valence-corrected chi connectivity index (χ2v) is 15.8. The Labute approximate surface area is 272 Å². The average molecular weight is 634 g/mol. The topological polar surface area (TPSA) is 75.6 Å². The van der Waals surface area contributed by atoms with Crippen LogP contribution in [0.1, 0.15) is 83.1 Å². The Morgan fingerprint density at radius 1 is 0.956 bits per heavy atom. The number of hydrogen-bond acceptors (Lipinski definition) is 7. The van der Waals surface area contributed by atoms with Crippen LogP contribution in [0.2, 0.25) is 6.04 Å². The number of phenols is 1. The first kappa shape index (κ1) is 35.3. The van der Waals surface area contributed by atoms with Gasteiger partial charge in [0.2, 0.25) is 0 Å². The quantitative estimate of drug-likeness (QED) is 0.0914. The van der Waals surface area contributed by atoms with E-state index in [1.807, 2.05) is 27.0 Å². The predicted molar refractivity (Wildman–Crippen MR) is 188 cm³/mol. The number of likely N-dealkylation sites (tertiary alicyclic amines) is 1. The summed E-state index contributed by atoms with van der Waals surface area (Å²) in [5, 5.41) is 17.4. The lowest BCUT2D eigenvalue weighted by Crippen LogP contribution is -2.46. The van der Waals surface area contributed by atoms with Crippen LogP contribution in [0, 0.1) is 0 Å². The van der Waals surface area contributed by atoms with Crippen molar-refractivity contribution in [2.45, 2.75) is 91.4 Å². The van der Waals surface area contributed by atoms with E-state index in [0.29, 0.717) is 38.2 Å². The molecule has 0 bridgehead atoms. The minimum Gasteiger partial charge on any atom is -0.507 e. The maximum atomic E-state index is 11.3. The molecule has 0 aliphatic carbocycles. The third-order valence-corrected chi connectivity index (χ3v) is 11.7. The highest BCUT2D eigenvalue weighted by molar-refractivity contribution is 6.60. The number of benzene rings is 3. The van der Waals surface area contributed by atoms with Crippen LogP contribution < -0.4 is 5.32 Å². The molecule has 0 unspecified atom stereocenters. The summed E-state index contributed by atoms with van der Waals surface area (Å²) >= 11 is 0. The molecule has 1 saturated heterocycles. The fraction of sp³-hybridized carbons (Fsp3) is 0.541. The highest BCUT2D eigenvalue weighted by atomic mass is 28.4. The smallest absolute Gasteiger partial charge is 0.500 e. The van der Waals surface area contributed by atoms with E-state index in [1.54, 1.807) is 0 Å². The fourth-order valence-electron chi connectivity index (χ4n) is 6.31. The summed E-state index contributed by atoms with van der Waals surface area (Å²) in [7, 11) is -2.63. The first-order valence-electron chi connectivity index (χ1n) is 16.9. The maximum absolute atomic E-state index is 11.3. The van der Waals surface area contributed by atoms with E-state index < -0.39 is 8.80 Å². The van der Waals surface area contributed by atoms with E-state index in [0.717, 1.165) is 61.8 Å². The molecule has 1 aliphatic rings. The molecule has 1 aliphatic heterocycles. The summed E-state index contributed by atoms with van der Waals surface area (Å²) < 4.78 is 18.0. The predicted octanol–water partition coefficient (Wildman–Crippen LogP) is 7.45. The molecule has 246 valence electrons. The number of fused-ring (bicyclic) bond motifs is 1. The van der Waals surface area contributed by atoms with Crippen molar-refractivity contribution in [2.24, 2.45) is 4.99 Å². The van der Waals surface area contributed by atoms with Gasteiger partial charge >= 0.3 is 8.80 Å². The second-order valence-electron chi connectivity index (χ2n) is 13.0. The summed E-state index contributed by atoms with van der Waals surface area (Å²) in [6, 6.07) is 20.7. The van der Waals surface area contributed by atoms with Gasteiger partial charge in [0.25, 0.3) is 0 Å². The molecule has 2 N–H and O–H groups in total. The number of rotatable bonds is 17. The van der Waals surface area contributed by atoms with Crippen LogP contribution in [0.4, 0.5) is 0 Å². The molecule has 3 aromatic rings. The average Bonchev–Trinajstić information content (AvgIpc) is 3.44. The summed E-state index contributed by atoms with van der Waals surface area (Å²) in [5.74, 6) is 0.329. The molecule has 0 aromatic heterocycles. The number of nitrogens with one attached hydrogen (secondary N) is 1. The second kappa shape index (κ2) is 16.8. The summed E-state index contributed by atoms with van der Waals surface area (Å²) in [4.78, 5) is 7.45. The van der Waals surface area contributed by atoms with E-state index in [9.17, 15) is 5.11 Å². The molecule has 0 saturated carbocycles. The molecule has 1 atom stereocenters. The van der Waals surface area contributed by atoms with Gasteiger partial charge in [-0.2, -0.15) is 0 Å². The molecule has 45 heavy (non-hydrogen) atoms. The molecule has 8 heteroatoms. The van der Waals surface area contributed by atoms with E-state index in [2.05, 4.69) is 85.6 Å². The molecule has 1 heterocycles. The Hall–Kier alpha value is -2.59. The summed E-state index contributed by atoms with van der Waals surface area (Å²) in [5.41, 5.74) is 4.02. The van der Waals surface area contributed by atoms with E-state index in [-0.39, 0.29) is 5.41 Å². The van der Waals surface area contributed by atoms with Crippen molar-refractivity contribution in [3.8, 4) is 5.75 Å².